The van der Waals surface area contributed by atoms with E-state index < -0.39 is 24.3 Å². The number of carbonyl (C=O) groups excluding carboxylic acids is 4. The van der Waals surface area contributed by atoms with Crippen LogP contribution < -0.4 is 10.6 Å². The first-order valence-electron chi connectivity index (χ1n) is 20.4. The first-order valence-corrected chi connectivity index (χ1v) is 20.4. The molecule has 4 heterocycles. The molecule has 15 nitrogen and oxygen atoms in total. The van der Waals surface area contributed by atoms with E-state index in [2.05, 4.69) is 43.8 Å². The Hall–Kier alpha value is -6.69. The lowest BCUT2D eigenvalue weighted by atomic mass is 9.95. The van der Waals surface area contributed by atoms with E-state index in [0.717, 1.165) is 70.1 Å². The third kappa shape index (κ3) is 8.40. The van der Waals surface area contributed by atoms with Crippen molar-refractivity contribution in [3.8, 4) is 39.7 Å². The third-order valence-electron chi connectivity index (χ3n) is 11.6. The maximum Gasteiger partial charge on any atom is 0.407 e. The van der Waals surface area contributed by atoms with E-state index in [0.29, 0.717) is 30.3 Å². The first-order chi connectivity index (χ1) is 28.9. The van der Waals surface area contributed by atoms with Crippen molar-refractivity contribution >= 4 is 34.8 Å². The summed E-state index contributed by atoms with van der Waals surface area (Å²) in [6.07, 6.45) is 5.36. The van der Waals surface area contributed by atoms with Crippen molar-refractivity contribution in [3.63, 3.8) is 0 Å². The molecule has 0 spiro atoms. The zero-order chi connectivity index (χ0) is 42.7. The maximum atomic E-state index is 13.6. The lowest BCUT2D eigenvalue weighted by Crippen LogP contribution is -2.51. The molecule has 3 aromatic carbocycles. The van der Waals surface area contributed by atoms with E-state index >= 15 is 0 Å². The van der Waals surface area contributed by atoms with Crippen LogP contribution >= 0.6 is 0 Å². The molecule has 0 aliphatic carbocycles. The second-order valence-electron chi connectivity index (χ2n) is 16.1. The summed E-state index contributed by atoms with van der Waals surface area (Å²) in [5.74, 6) is 0.759. The highest BCUT2D eigenvalue weighted by Gasteiger charge is 2.39. The Bertz CT molecular complexity index is 2450. The number of alkyl carbamates (subject to hydrolysis) is 2. The van der Waals surface area contributed by atoms with Gasteiger partial charge in [0.25, 0.3) is 0 Å². The van der Waals surface area contributed by atoms with Crippen LogP contribution in [0.4, 0.5) is 9.59 Å². The number of nitrogens with one attached hydrogen (secondary N) is 4. The summed E-state index contributed by atoms with van der Waals surface area (Å²) in [5.41, 5.74) is 5.51. The van der Waals surface area contributed by atoms with Crippen LogP contribution in [0.25, 0.3) is 44.4 Å². The fraction of sp³-hybridized carbons (Fsp3) is 0.400. The molecule has 2 fully saturated rings. The number of nitriles is 1. The second kappa shape index (κ2) is 17.7. The van der Waals surface area contributed by atoms with E-state index in [1.807, 2.05) is 70.2 Å². The minimum Gasteiger partial charge on any atom is -0.453 e. The molecular formula is C45H51N9O6. The van der Waals surface area contributed by atoms with Crippen LogP contribution in [0.3, 0.4) is 0 Å². The molecule has 0 radical (unpaired) electrons. The molecule has 312 valence electrons. The Labute approximate surface area is 348 Å². The Kier molecular flexibility index (Phi) is 12.2. The summed E-state index contributed by atoms with van der Waals surface area (Å²) < 4.78 is 9.52. The Morgan fingerprint density at radius 2 is 1.15 bits per heavy atom. The average Bonchev–Trinajstić information content (AvgIpc) is 4.10. The zero-order valence-corrected chi connectivity index (χ0v) is 34.7. The van der Waals surface area contributed by atoms with Gasteiger partial charge in [0.2, 0.25) is 11.8 Å². The number of hydrogen-bond donors (Lipinski definition) is 4. The minimum atomic E-state index is -0.725. The van der Waals surface area contributed by atoms with Crippen LogP contribution in [0.15, 0.2) is 67.0 Å². The molecule has 0 unspecified atom stereocenters. The van der Waals surface area contributed by atoms with Gasteiger partial charge in [-0.1, -0.05) is 64.1 Å². The number of fused-ring (bicyclic) bond motifs is 1. The van der Waals surface area contributed by atoms with E-state index in [4.69, 9.17) is 14.5 Å². The van der Waals surface area contributed by atoms with Gasteiger partial charge in [0, 0.05) is 24.2 Å². The van der Waals surface area contributed by atoms with E-state index in [-0.39, 0.29) is 35.7 Å². The number of likely N-dealkylation sites (tertiary alicyclic amines) is 2. The first kappa shape index (κ1) is 41.5. The molecule has 4 N–H and O–H groups in total. The van der Waals surface area contributed by atoms with Crippen molar-refractivity contribution in [2.45, 2.75) is 77.5 Å². The molecule has 4 amide bonds. The fourth-order valence-electron chi connectivity index (χ4n) is 8.33. The number of methoxy groups -OCH3 is 2. The number of aromatic amines is 2. The topological polar surface area (TPSA) is 198 Å². The highest BCUT2D eigenvalue weighted by Crippen LogP contribution is 2.36. The van der Waals surface area contributed by atoms with Gasteiger partial charge in [0.05, 0.1) is 61.7 Å². The zero-order valence-electron chi connectivity index (χ0n) is 34.7. The van der Waals surface area contributed by atoms with Gasteiger partial charge in [-0.15, -0.1) is 0 Å². The van der Waals surface area contributed by atoms with Gasteiger partial charge in [-0.2, -0.15) is 5.26 Å². The molecule has 4 atom stereocenters. The second-order valence-corrected chi connectivity index (χ2v) is 16.1. The summed E-state index contributed by atoms with van der Waals surface area (Å²) in [7, 11) is 2.56. The average molecular weight is 814 g/mol. The molecule has 60 heavy (non-hydrogen) atoms. The highest BCUT2D eigenvalue weighted by atomic mass is 16.5. The predicted molar refractivity (Wildman–Crippen MR) is 225 cm³/mol. The standard InChI is InChI=1S/C45H51N9O6/c1-25(2)38(51-44(57)59-5)42(55)53-17-7-9-36(53)40-47-23-34(49-40)30-14-12-27-19-29(13-11-28(27)20-30)33-16-15-31(21-32(33)22-46)35-24-48-41(50-35)37-10-8-18-54(37)43(56)39(26(3)4)52-45(58)60-6/h11-16,19-21,23-26,36-39H,7-10,17-18H2,1-6H3,(H,47,49)(H,48,50)(H,51,57)(H,52,58)/t36-,37-,38-,39-/m0/s1. The number of ether oxygens (including phenoxy) is 2. The monoisotopic (exact) mass is 813 g/mol. The molecule has 2 aromatic heterocycles. The molecule has 7 rings (SSSR count). The van der Waals surface area contributed by atoms with Crippen molar-refractivity contribution < 1.29 is 28.7 Å². The Morgan fingerprint density at radius 3 is 1.62 bits per heavy atom. The van der Waals surface area contributed by atoms with Gasteiger partial charge in [-0.25, -0.2) is 19.6 Å². The van der Waals surface area contributed by atoms with Crippen LogP contribution in [-0.4, -0.2) is 93.1 Å². The van der Waals surface area contributed by atoms with E-state index in [9.17, 15) is 24.4 Å². The summed E-state index contributed by atoms with van der Waals surface area (Å²) >= 11 is 0. The number of rotatable bonds is 11. The van der Waals surface area contributed by atoms with Crippen molar-refractivity contribution in [1.29, 1.82) is 5.26 Å². The summed E-state index contributed by atoms with van der Waals surface area (Å²) in [4.78, 5) is 71.0. The molecule has 15 heteroatoms. The van der Waals surface area contributed by atoms with Gasteiger partial charge in [0.1, 0.15) is 23.7 Å². The number of hydrogen-bond acceptors (Lipinski definition) is 9. The predicted octanol–water partition coefficient (Wildman–Crippen LogP) is 7.25. The van der Waals surface area contributed by atoms with Crippen LogP contribution in [0, 0.1) is 23.2 Å². The smallest absolute Gasteiger partial charge is 0.407 e. The van der Waals surface area contributed by atoms with Crippen molar-refractivity contribution in [2.24, 2.45) is 11.8 Å². The quantitative estimate of drug-likeness (QED) is 0.106. The number of H-pyrrole nitrogens is 2. The van der Waals surface area contributed by atoms with Crippen molar-refractivity contribution in [1.82, 2.24) is 40.4 Å². The largest absolute Gasteiger partial charge is 0.453 e. The normalized spacial score (nSPS) is 17.4. The maximum absolute atomic E-state index is 13.6. The summed E-state index contributed by atoms with van der Waals surface area (Å²) in [6, 6.07) is 18.5. The highest BCUT2D eigenvalue weighted by molar-refractivity contribution is 5.92. The summed E-state index contributed by atoms with van der Waals surface area (Å²) in [6.45, 7) is 8.68. The van der Waals surface area contributed by atoms with Gasteiger partial charge < -0.3 is 39.9 Å². The number of amides is 4. The molecular weight excluding hydrogens is 763 g/mol. The number of carbonyl (C=O) groups is 4. The number of nitrogens with zero attached hydrogens (tertiary/aromatic N) is 5. The number of benzene rings is 3. The van der Waals surface area contributed by atoms with Gasteiger partial charge in [-0.3, -0.25) is 9.59 Å². The van der Waals surface area contributed by atoms with Crippen LogP contribution in [0.1, 0.15) is 82.7 Å². The number of imidazole rings is 2. The van der Waals surface area contributed by atoms with Gasteiger partial charge in [0.15, 0.2) is 0 Å². The summed E-state index contributed by atoms with van der Waals surface area (Å²) in [5, 5.41) is 17.7. The molecule has 0 saturated carbocycles. The van der Waals surface area contributed by atoms with Crippen LogP contribution in [0.2, 0.25) is 0 Å². The van der Waals surface area contributed by atoms with Crippen molar-refractivity contribution in [3.05, 3.63) is 84.2 Å². The molecule has 2 saturated heterocycles. The van der Waals surface area contributed by atoms with E-state index in [1.54, 1.807) is 22.2 Å². The molecule has 5 aromatic rings. The number of aromatic nitrogens is 4. The molecule has 0 bridgehead atoms. The lowest BCUT2D eigenvalue weighted by molar-refractivity contribution is -0.136. The van der Waals surface area contributed by atoms with Gasteiger partial charge in [-0.05, 0) is 77.6 Å². The SMILES string of the molecule is COC(=O)N[C@H](C(=O)N1CCC[C@H]1c1ncc(-c2ccc(-c3ccc4cc(-c5cnc([C@@H]6CCCN6C(=O)[C@@H](NC(=O)OC)C(C)C)[nH]5)ccc4c3)c(C#N)c2)[nH]1)C(C)C. The lowest BCUT2D eigenvalue weighted by Gasteiger charge is -2.30. The van der Waals surface area contributed by atoms with Crippen LogP contribution in [0.5, 0.6) is 0 Å². The fourth-order valence-corrected chi connectivity index (χ4v) is 8.33. The van der Waals surface area contributed by atoms with Gasteiger partial charge >= 0.3 is 12.2 Å². The van der Waals surface area contributed by atoms with Crippen molar-refractivity contribution in [2.75, 3.05) is 27.3 Å². The Balaban J connectivity index is 1.07. The third-order valence-corrected chi connectivity index (χ3v) is 11.6. The van der Waals surface area contributed by atoms with E-state index in [1.165, 1.54) is 14.2 Å². The molecule has 2 aliphatic rings. The Morgan fingerprint density at radius 1 is 0.700 bits per heavy atom. The van der Waals surface area contributed by atoms with Crippen LogP contribution in [-0.2, 0) is 19.1 Å². The molecule has 2 aliphatic heterocycles. The minimum absolute atomic E-state index is 0.122.